The van der Waals surface area contributed by atoms with Crippen LogP contribution in [0.5, 0.6) is 0 Å². The molecule has 0 radical (unpaired) electrons. The van der Waals surface area contributed by atoms with E-state index in [4.69, 9.17) is 4.74 Å². The van der Waals surface area contributed by atoms with Crippen molar-refractivity contribution in [2.45, 2.75) is 39.2 Å². The molecule has 1 fully saturated rings. The summed E-state index contributed by atoms with van der Waals surface area (Å²) in [5.74, 6) is -1.31. The van der Waals surface area contributed by atoms with E-state index in [0.29, 0.717) is 25.7 Å². The molecule has 0 aliphatic carbocycles. The molecule has 3 amide bonds. The first-order chi connectivity index (χ1) is 12.1. The predicted octanol–water partition coefficient (Wildman–Crippen LogP) is 3.73. The number of piperidine rings is 1. The molecule has 1 aromatic rings. The number of likely N-dealkylation sites (tertiary alicyclic amines) is 1. The molecule has 144 valence electrons. The molecule has 6 nitrogen and oxygen atoms in total. The average Bonchev–Trinajstić information content (AvgIpc) is 2.54. The number of urea groups is 1. The fourth-order valence-electron chi connectivity index (χ4n) is 2.64. The SMILES string of the molecule is CC(C)(C)OC(=O)N1CCC(CNC(=O)Nc2ccc(F)cc2F)CC1. The topological polar surface area (TPSA) is 70.7 Å². The molecule has 0 unspecified atom stereocenters. The van der Waals surface area contributed by atoms with E-state index in [9.17, 15) is 18.4 Å². The van der Waals surface area contributed by atoms with Gasteiger partial charge in [-0.1, -0.05) is 0 Å². The Kier molecular flexibility index (Phi) is 6.39. The van der Waals surface area contributed by atoms with Gasteiger partial charge < -0.3 is 20.3 Å². The van der Waals surface area contributed by atoms with E-state index < -0.39 is 23.3 Å². The highest BCUT2D eigenvalue weighted by molar-refractivity contribution is 5.89. The van der Waals surface area contributed by atoms with Gasteiger partial charge in [-0.3, -0.25) is 0 Å². The summed E-state index contributed by atoms with van der Waals surface area (Å²) in [5.41, 5.74) is -0.605. The Hall–Kier alpha value is -2.38. The maximum absolute atomic E-state index is 13.5. The molecule has 0 saturated carbocycles. The van der Waals surface area contributed by atoms with Gasteiger partial charge in [-0.15, -0.1) is 0 Å². The molecule has 1 aliphatic rings. The highest BCUT2D eigenvalue weighted by Crippen LogP contribution is 2.19. The maximum Gasteiger partial charge on any atom is 0.410 e. The number of rotatable bonds is 3. The number of carbonyl (C=O) groups is 2. The van der Waals surface area contributed by atoms with E-state index in [0.717, 1.165) is 18.9 Å². The molecule has 2 N–H and O–H groups in total. The largest absolute Gasteiger partial charge is 0.444 e. The van der Waals surface area contributed by atoms with Crippen LogP contribution in [-0.4, -0.2) is 42.3 Å². The lowest BCUT2D eigenvalue weighted by molar-refractivity contribution is 0.0185. The number of benzene rings is 1. The molecular formula is C18H25F2N3O3. The third-order valence-corrected chi connectivity index (χ3v) is 4.00. The molecular weight excluding hydrogens is 344 g/mol. The van der Waals surface area contributed by atoms with Crippen LogP contribution in [0.1, 0.15) is 33.6 Å². The zero-order valence-electron chi connectivity index (χ0n) is 15.3. The number of hydrogen-bond acceptors (Lipinski definition) is 3. The Morgan fingerprint density at radius 3 is 2.46 bits per heavy atom. The van der Waals surface area contributed by atoms with Crippen molar-refractivity contribution in [3.8, 4) is 0 Å². The van der Waals surface area contributed by atoms with Crippen LogP contribution < -0.4 is 10.6 Å². The van der Waals surface area contributed by atoms with E-state index in [1.54, 1.807) is 4.90 Å². The molecule has 0 atom stereocenters. The number of halogens is 2. The Morgan fingerprint density at radius 1 is 1.23 bits per heavy atom. The number of nitrogens with zero attached hydrogens (tertiary/aromatic N) is 1. The predicted molar refractivity (Wildman–Crippen MR) is 93.9 cm³/mol. The first-order valence-corrected chi connectivity index (χ1v) is 8.62. The monoisotopic (exact) mass is 369 g/mol. The number of anilines is 1. The van der Waals surface area contributed by atoms with Crippen molar-refractivity contribution in [3.63, 3.8) is 0 Å². The zero-order valence-corrected chi connectivity index (χ0v) is 15.3. The Labute approximate surface area is 151 Å². The van der Waals surface area contributed by atoms with Crippen molar-refractivity contribution in [2.75, 3.05) is 25.0 Å². The second-order valence-electron chi connectivity index (χ2n) is 7.37. The molecule has 26 heavy (non-hydrogen) atoms. The highest BCUT2D eigenvalue weighted by Gasteiger charge is 2.27. The standard InChI is InChI=1S/C18H25F2N3O3/c1-18(2,3)26-17(25)23-8-6-12(7-9-23)11-21-16(24)22-15-5-4-13(19)10-14(15)20/h4-5,10,12H,6-9,11H2,1-3H3,(H2,21,22,24). The van der Waals surface area contributed by atoms with Crippen molar-refractivity contribution >= 4 is 17.8 Å². The summed E-state index contributed by atoms with van der Waals surface area (Å²) in [5, 5.41) is 5.03. The van der Waals surface area contributed by atoms with E-state index in [2.05, 4.69) is 10.6 Å². The first kappa shape index (κ1) is 19.9. The number of nitrogens with one attached hydrogen (secondary N) is 2. The van der Waals surface area contributed by atoms with Gasteiger partial charge >= 0.3 is 12.1 Å². The van der Waals surface area contributed by atoms with Crippen LogP contribution >= 0.6 is 0 Å². The quantitative estimate of drug-likeness (QED) is 0.853. The molecule has 1 aliphatic heterocycles. The summed E-state index contributed by atoms with van der Waals surface area (Å²) in [6.07, 6.45) is 1.16. The second-order valence-corrected chi connectivity index (χ2v) is 7.37. The van der Waals surface area contributed by atoms with Gasteiger partial charge in [0.25, 0.3) is 0 Å². The summed E-state index contributed by atoms with van der Waals surface area (Å²) >= 11 is 0. The summed E-state index contributed by atoms with van der Waals surface area (Å²) in [7, 11) is 0. The van der Waals surface area contributed by atoms with E-state index in [1.807, 2.05) is 20.8 Å². The minimum absolute atomic E-state index is 0.0800. The number of amides is 3. The van der Waals surface area contributed by atoms with Gasteiger partial charge in [0.15, 0.2) is 0 Å². The van der Waals surface area contributed by atoms with Gasteiger partial charge in [-0.2, -0.15) is 0 Å². The number of hydrogen-bond donors (Lipinski definition) is 2. The van der Waals surface area contributed by atoms with Crippen molar-refractivity contribution in [1.82, 2.24) is 10.2 Å². The van der Waals surface area contributed by atoms with Gasteiger partial charge in [0.1, 0.15) is 17.2 Å². The van der Waals surface area contributed by atoms with Gasteiger partial charge in [0.05, 0.1) is 5.69 Å². The summed E-state index contributed by atoms with van der Waals surface area (Å²) in [6.45, 7) is 7.01. The van der Waals surface area contributed by atoms with E-state index >= 15 is 0 Å². The van der Waals surface area contributed by atoms with Gasteiger partial charge in [-0.25, -0.2) is 18.4 Å². The molecule has 8 heteroatoms. The molecule has 1 heterocycles. The maximum atomic E-state index is 13.5. The Morgan fingerprint density at radius 2 is 1.88 bits per heavy atom. The zero-order chi connectivity index (χ0) is 19.3. The van der Waals surface area contributed by atoms with Crippen LogP contribution in [0.4, 0.5) is 24.1 Å². The number of ether oxygens (including phenoxy) is 1. The van der Waals surface area contributed by atoms with E-state index in [1.165, 1.54) is 6.07 Å². The van der Waals surface area contributed by atoms with Crippen LogP contribution in [0.25, 0.3) is 0 Å². The third kappa shape index (κ3) is 6.16. The number of carbonyl (C=O) groups excluding carboxylic acids is 2. The lowest BCUT2D eigenvalue weighted by Gasteiger charge is -2.33. The highest BCUT2D eigenvalue weighted by atomic mass is 19.1. The van der Waals surface area contributed by atoms with Crippen LogP contribution in [0, 0.1) is 17.6 Å². The van der Waals surface area contributed by atoms with Crippen LogP contribution in [0.3, 0.4) is 0 Å². The lowest BCUT2D eigenvalue weighted by Crippen LogP contribution is -2.44. The van der Waals surface area contributed by atoms with Crippen LogP contribution in [-0.2, 0) is 4.74 Å². The van der Waals surface area contributed by atoms with Gasteiger partial charge in [-0.05, 0) is 51.7 Å². The van der Waals surface area contributed by atoms with Crippen molar-refractivity contribution in [1.29, 1.82) is 0 Å². The Bertz CT molecular complexity index is 654. The molecule has 0 aromatic heterocycles. The summed E-state index contributed by atoms with van der Waals surface area (Å²) < 4.78 is 31.7. The van der Waals surface area contributed by atoms with Gasteiger partial charge in [0, 0.05) is 25.7 Å². The van der Waals surface area contributed by atoms with Crippen molar-refractivity contribution < 1.29 is 23.1 Å². The molecule has 0 spiro atoms. The molecule has 1 saturated heterocycles. The van der Waals surface area contributed by atoms with Crippen molar-refractivity contribution in [3.05, 3.63) is 29.8 Å². The second kappa shape index (κ2) is 8.33. The molecule has 0 bridgehead atoms. The average molecular weight is 369 g/mol. The third-order valence-electron chi connectivity index (χ3n) is 4.00. The normalized spacial score (nSPS) is 15.5. The Balaban J connectivity index is 1.72. The molecule has 2 rings (SSSR count). The van der Waals surface area contributed by atoms with Crippen LogP contribution in [0.15, 0.2) is 18.2 Å². The summed E-state index contributed by atoms with van der Waals surface area (Å²) in [4.78, 5) is 25.5. The van der Waals surface area contributed by atoms with E-state index in [-0.39, 0.29) is 17.7 Å². The smallest absolute Gasteiger partial charge is 0.410 e. The van der Waals surface area contributed by atoms with Crippen LogP contribution in [0.2, 0.25) is 0 Å². The first-order valence-electron chi connectivity index (χ1n) is 8.62. The van der Waals surface area contributed by atoms with Gasteiger partial charge in [0.2, 0.25) is 0 Å². The molecule has 1 aromatic carbocycles. The van der Waals surface area contributed by atoms with Crippen molar-refractivity contribution in [2.24, 2.45) is 5.92 Å². The lowest BCUT2D eigenvalue weighted by atomic mass is 9.97. The minimum atomic E-state index is -0.828. The fourth-order valence-corrected chi connectivity index (χ4v) is 2.64. The minimum Gasteiger partial charge on any atom is -0.444 e. The summed E-state index contributed by atoms with van der Waals surface area (Å²) in [6, 6.07) is 2.40. The fraction of sp³-hybridized carbons (Fsp3) is 0.556.